The van der Waals surface area contributed by atoms with Crippen LogP contribution in [0.5, 0.6) is 11.5 Å². The molecule has 0 fully saturated rings. The molecule has 0 unspecified atom stereocenters. The zero-order chi connectivity index (χ0) is 21.6. The van der Waals surface area contributed by atoms with Crippen molar-refractivity contribution in [3.05, 3.63) is 83.4 Å². The lowest BCUT2D eigenvalue weighted by atomic mass is 10.1. The molecular formula is C24H22N2O4S. The summed E-state index contributed by atoms with van der Waals surface area (Å²) in [6, 6.07) is 20.8. The van der Waals surface area contributed by atoms with Crippen molar-refractivity contribution in [2.45, 2.75) is 18.0 Å². The first kappa shape index (κ1) is 20.8. The molecule has 0 bridgehead atoms. The summed E-state index contributed by atoms with van der Waals surface area (Å²) in [6.45, 7) is 0.785. The lowest BCUT2D eigenvalue weighted by Crippen LogP contribution is -2.24. The van der Waals surface area contributed by atoms with Gasteiger partial charge in [0, 0.05) is 17.0 Å². The van der Waals surface area contributed by atoms with Gasteiger partial charge in [0.2, 0.25) is 5.91 Å². The van der Waals surface area contributed by atoms with Gasteiger partial charge in [-0.05, 0) is 41.5 Å². The van der Waals surface area contributed by atoms with Gasteiger partial charge < -0.3 is 20.1 Å². The van der Waals surface area contributed by atoms with E-state index in [4.69, 9.17) is 9.47 Å². The number of anilines is 1. The number of ether oxygens (including phenoxy) is 2. The topological polar surface area (TPSA) is 76.7 Å². The van der Waals surface area contributed by atoms with Crippen LogP contribution in [-0.4, -0.2) is 24.7 Å². The first-order valence-corrected chi connectivity index (χ1v) is 10.8. The number of nitrogens with one attached hydrogen (secondary N) is 2. The zero-order valence-corrected chi connectivity index (χ0v) is 17.8. The summed E-state index contributed by atoms with van der Waals surface area (Å²) >= 11 is 1.47. The highest BCUT2D eigenvalue weighted by Crippen LogP contribution is 2.32. The van der Waals surface area contributed by atoms with E-state index < -0.39 is 0 Å². The lowest BCUT2D eigenvalue weighted by Gasteiger charge is -2.17. The minimum Gasteiger partial charge on any atom is -0.493 e. The Morgan fingerprint density at radius 1 is 1.03 bits per heavy atom. The van der Waals surface area contributed by atoms with E-state index in [9.17, 15) is 9.59 Å². The monoisotopic (exact) mass is 434 g/mol. The average Bonchev–Trinajstić information content (AvgIpc) is 2.81. The molecule has 0 saturated carbocycles. The standard InChI is InChI=1S/C24H22N2O4S/c1-29-21-11-17(7-9-20(21)30-14-16-5-3-2-4-6-16)13-25-24(28)18-8-10-22-19(12-18)26-23(27)15-31-22/h2-12H,13-15H2,1H3,(H,25,28)(H,26,27). The minimum atomic E-state index is -0.212. The number of amides is 2. The summed E-state index contributed by atoms with van der Waals surface area (Å²) in [4.78, 5) is 25.1. The second kappa shape index (κ2) is 9.57. The van der Waals surface area contributed by atoms with E-state index in [-0.39, 0.29) is 11.8 Å². The quantitative estimate of drug-likeness (QED) is 0.581. The SMILES string of the molecule is COc1cc(CNC(=O)c2ccc3c(c2)NC(=O)CS3)ccc1OCc1ccccc1. The van der Waals surface area contributed by atoms with Crippen molar-refractivity contribution >= 4 is 29.3 Å². The molecule has 3 aromatic carbocycles. The van der Waals surface area contributed by atoms with Crippen molar-refractivity contribution in [3.8, 4) is 11.5 Å². The van der Waals surface area contributed by atoms with Gasteiger partial charge in [0.05, 0.1) is 18.6 Å². The van der Waals surface area contributed by atoms with Crippen molar-refractivity contribution in [2.75, 3.05) is 18.2 Å². The second-order valence-corrected chi connectivity index (χ2v) is 8.01. The molecule has 1 heterocycles. The molecule has 7 heteroatoms. The van der Waals surface area contributed by atoms with Gasteiger partial charge in [0.1, 0.15) is 6.61 Å². The van der Waals surface area contributed by atoms with Crippen molar-refractivity contribution < 1.29 is 19.1 Å². The van der Waals surface area contributed by atoms with Crippen molar-refractivity contribution in [1.82, 2.24) is 5.32 Å². The maximum atomic E-state index is 12.6. The molecule has 31 heavy (non-hydrogen) atoms. The highest BCUT2D eigenvalue weighted by atomic mass is 32.2. The molecule has 4 rings (SSSR count). The number of carbonyl (C=O) groups is 2. The number of carbonyl (C=O) groups excluding carboxylic acids is 2. The van der Waals surface area contributed by atoms with Gasteiger partial charge in [-0.25, -0.2) is 0 Å². The molecule has 6 nitrogen and oxygen atoms in total. The van der Waals surface area contributed by atoms with Crippen molar-refractivity contribution in [2.24, 2.45) is 0 Å². The normalized spacial score (nSPS) is 12.5. The van der Waals surface area contributed by atoms with Crippen LogP contribution in [0.1, 0.15) is 21.5 Å². The molecule has 0 aliphatic carbocycles. The summed E-state index contributed by atoms with van der Waals surface area (Å²) in [7, 11) is 1.59. The molecule has 0 atom stereocenters. The smallest absolute Gasteiger partial charge is 0.251 e. The maximum absolute atomic E-state index is 12.6. The van der Waals surface area contributed by atoms with Crippen LogP contribution in [0.25, 0.3) is 0 Å². The fourth-order valence-corrected chi connectivity index (χ4v) is 3.97. The first-order chi connectivity index (χ1) is 15.1. The number of fused-ring (bicyclic) bond motifs is 1. The lowest BCUT2D eigenvalue weighted by molar-refractivity contribution is -0.113. The summed E-state index contributed by atoms with van der Waals surface area (Å²) in [5.74, 6) is 1.37. The Bertz CT molecular complexity index is 1100. The Morgan fingerprint density at radius 3 is 2.68 bits per heavy atom. The van der Waals surface area contributed by atoms with Gasteiger partial charge in [0.15, 0.2) is 11.5 Å². The van der Waals surface area contributed by atoms with E-state index in [1.165, 1.54) is 11.8 Å². The van der Waals surface area contributed by atoms with Crippen molar-refractivity contribution in [3.63, 3.8) is 0 Å². The molecular weight excluding hydrogens is 412 g/mol. The van der Waals surface area contributed by atoms with Gasteiger partial charge in [0.25, 0.3) is 5.91 Å². The molecule has 3 aromatic rings. The van der Waals surface area contributed by atoms with Crippen molar-refractivity contribution in [1.29, 1.82) is 0 Å². The number of hydrogen-bond donors (Lipinski definition) is 2. The number of rotatable bonds is 7. The molecule has 0 radical (unpaired) electrons. The third kappa shape index (κ3) is 5.19. The predicted octanol–water partition coefficient (Wildman–Crippen LogP) is 4.25. The molecule has 1 aliphatic heterocycles. The number of methoxy groups -OCH3 is 1. The van der Waals surface area contributed by atoms with Gasteiger partial charge >= 0.3 is 0 Å². The summed E-state index contributed by atoms with van der Waals surface area (Å²) in [5, 5.41) is 5.71. The Balaban J connectivity index is 1.38. The van der Waals surface area contributed by atoms with Crippen LogP contribution in [0.2, 0.25) is 0 Å². The van der Waals surface area contributed by atoms with E-state index in [0.29, 0.717) is 41.7 Å². The van der Waals surface area contributed by atoms with Crippen LogP contribution in [0, 0.1) is 0 Å². The van der Waals surface area contributed by atoms with E-state index >= 15 is 0 Å². The third-order valence-electron chi connectivity index (χ3n) is 4.79. The molecule has 0 aromatic heterocycles. The number of hydrogen-bond acceptors (Lipinski definition) is 5. The highest BCUT2D eigenvalue weighted by Gasteiger charge is 2.17. The van der Waals surface area contributed by atoms with Crippen LogP contribution >= 0.6 is 11.8 Å². The maximum Gasteiger partial charge on any atom is 0.251 e. The van der Waals surface area contributed by atoms with E-state index in [1.807, 2.05) is 54.6 Å². The minimum absolute atomic E-state index is 0.0586. The van der Waals surface area contributed by atoms with Crippen LogP contribution in [-0.2, 0) is 17.9 Å². The van der Waals surface area contributed by atoms with Gasteiger partial charge in [-0.15, -0.1) is 11.8 Å². The summed E-state index contributed by atoms with van der Waals surface area (Å²) < 4.78 is 11.3. The summed E-state index contributed by atoms with van der Waals surface area (Å²) in [6.07, 6.45) is 0. The van der Waals surface area contributed by atoms with Crippen LogP contribution in [0.3, 0.4) is 0 Å². The fourth-order valence-electron chi connectivity index (χ4n) is 3.19. The Morgan fingerprint density at radius 2 is 1.87 bits per heavy atom. The fraction of sp³-hybridized carbons (Fsp3) is 0.167. The predicted molar refractivity (Wildman–Crippen MR) is 121 cm³/mol. The van der Waals surface area contributed by atoms with Gasteiger partial charge in [-0.1, -0.05) is 36.4 Å². The van der Waals surface area contributed by atoms with E-state index in [1.54, 1.807) is 19.2 Å². The second-order valence-electron chi connectivity index (χ2n) is 6.99. The largest absolute Gasteiger partial charge is 0.493 e. The molecule has 1 aliphatic rings. The third-order valence-corrected chi connectivity index (χ3v) is 5.87. The molecule has 158 valence electrons. The van der Waals surface area contributed by atoms with Gasteiger partial charge in [-0.2, -0.15) is 0 Å². The van der Waals surface area contributed by atoms with Gasteiger partial charge in [-0.3, -0.25) is 9.59 Å². The van der Waals surface area contributed by atoms with E-state index in [0.717, 1.165) is 16.0 Å². The number of benzene rings is 3. The van der Waals surface area contributed by atoms with Crippen LogP contribution in [0.15, 0.2) is 71.6 Å². The van der Waals surface area contributed by atoms with E-state index in [2.05, 4.69) is 10.6 Å². The molecule has 0 spiro atoms. The van der Waals surface area contributed by atoms with Crippen LogP contribution < -0.4 is 20.1 Å². The zero-order valence-electron chi connectivity index (χ0n) is 17.0. The molecule has 2 N–H and O–H groups in total. The Kier molecular flexibility index (Phi) is 6.43. The molecule has 0 saturated heterocycles. The Hall–Kier alpha value is -3.45. The van der Waals surface area contributed by atoms with Crippen LogP contribution in [0.4, 0.5) is 5.69 Å². The number of thioether (sulfide) groups is 1. The summed E-state index contributed by atoms with van der Waals surface area (Å²) in [5.41, 5.74) is 3.13. The Labute approximate surface area is 185 Å². The average molecular weight is 435 g/mol. The molecule has 2 amide bonds. The highest BCUT2D eigenvalue weighted by molar-refractivity contribution is 8.00. The first-order valence-electron chi connectivity index (χ1n) is 9.81.